The molecule has 2 aromatic carbocycles. The molecular formula is C16H14BrFO2. The number of aryl methyl sites for hydroxylation is 1. The van der Waals surface area contributed by atoms with Crippen molar-refractivity contribution < 1.29 is 13.9 Å². The molecule has 0 atom stereocenters. The van der Waals surface area contributed by atoms with Crippen LogP contribution >= 0.6 is 15.9 Å². The van der Waals surface area contributed by atoms with Gasteiger partial charge >= 0.3 is 0 Å². The summed E-state index contributed by atoms with van der Waals surface area (Å²) in [5.74, 6) is -0.450. The average Bonchev–Trinajstić information content (AvgIpc) is 2.46. The molecule has 0 aromatic heterocycles. The molecule has 20 heavy (non-hydrogen) atoms. The van der Waals surface area contributed by atoms with Gasteiger partial charge in [0, 0.05) is 16.5 Å². The van der Waals surface area contributed by atoms with Gasteiger partial charge in [0.2, 0.25) is 0 Å². The Labute approximate surface area is 125 Å². The highest BCUT2D eigenvalue weighted by molar-refractivity contribution is 9.10. The standard InChI is InChI=1S/C16H14BrFO2/c1-20-16-9-7-12(10-14(16)18)15(19)8-6-11-4-2-3-5-13(11)17/h2-5,7,9-10H,6,8H2,1H3. The van der Waals surface area contributed by atoms with Gasteiger partial charge in [-0.1, -0.05) is 34.1 Å². The number of Topliss-reactive ketones (excluding diaryl/α,β-unsaturated/α-hetero) is 1. The molecule has 0 saturated heterocycles. The van der Waals surface area contributed by atoms with Crippen molar-refractivity contribution in [1.82, 2.24) is 0 Å². The predicted octanol–water partition coefficient (Wildman–Crippen LogP) is 4.41. The average molecular weight is 337 g/mol. The number of hydrogen-bond acceptors (Lipinski definition) is 2. The van der Waals surface area contributed by atoms with Crippen molar-refractivity contribution in [2.24, 2.45) is 0 Å². The summed E-state index contributed by atoms with van der Waals surface area (Å²) in [4.78, 5) is 12.1. The van der Waals surface area contributed by atoms with E-state index in [0.29, 0.717) is 18.4 Å². The smallest absolute Gasteiger partial charge is 0.165 e. The van der Waals surface area contributed by atoms with Gasteiger partial charge in [0.1, 0.15) is 0 Å². The van der Waals surface area contributed by atoms with Gasteiger partial charge in [0.05, 0.1) is 7.11 Å². The van der Waals surface area contributed by atoms with Crippen molar-refractivity contribution in [1.29, 1.82) is 0 Å². The zero-order valence-corrected chi connectivity index (χ0v) is 12.6. The Bertz CT molecular complexity index is 626. The number of rotatable bonds is 5. The van der Waals surface area contributed by atoms with Crippen LogP contribution in [0, 0.1) is 5.82 Å². The molecule has 0 unspecified atom stereocenters. The first-order valence-corrected chi connectivity index (χ1v) is 7.01. The number of hydrogen-bond donors (Lipinski definition) is 0. The Hall–Kier alpha value is -1.68. The van der Waals surface area contributed by atoms with Gasteiger partial charge in [-0.25, -0.2) is 4.39 Å². The fraction of sp³-hybridized carbons (Fsp3) is 0.188. The summed E-state index contributed by atoms with van der Waals surface area (Å²) in [7, 11) is 1.40. The van der Waals surface area contributed by atoms with Crippen LogP contribution < -0.4 is 4.74 Å². The lowest BCUT2D eigenvalue weighted by Gasteiger charge is -2.06. The fourth-order valence-corrected chi connectivity index (χ4v) is 2.42. The van der Waals surface area contributed by atoms with Crippen LogP contribution in [0.3, 0.4) is 0 Å². The third-order valence-corrected chi connectivity index (χ3v) is 3.83. The molecule has 0 bridgehead atoms. The number of carbonyl (C=O) groups is 1. The topological polar surface area (TPSA) is 26.3 Å². The van der Waals surface area contributed by atoms with Gasteiger partial charge in [-0.15, -0.1) is 0 Å². The summed E-state index contributed by atoms with van der Waals surface area (Å²) in [6, 6.07) is 12.0. The normalized spacial score (nSPS) is 10.3. The van der Waals surface area contributed by atoms with Gasteiger partial charge in [-0.2, -0.15) is 0 Å². The number of ketones is 1. The molecule has 0 spiro atoms. The number of carbonyl (C=O) groups excluding carboxylic acids is 1. The maximum Gasteiger partial charge on any atom is 0.165 e. The molecule has 0 amide bonds. The van der Waals surface area contributed by atoms with Crippen LogP contribution in [0.4, 0.5) is 4.39 Å². The van der Waals surface area contributed by atoms with E-state index in [-0.39, 0.29) is 11.5 Å². The summed E-state index contributed by atoms with van der Waals surface area (Å²) < 4.78 is 19.4. The second-order valence-electron chi connectivity index (χ2n) is 4.36. The number of halogens is 2. The molecule has 0 radical (unpaired) electrons. The third-order valence-electron chi connectivity index (χ3n) is 3.05. The van der Waals surface area contributed by atoms with Crippen LogP contribution in [0.1, 0.15) is 22.3 Å². The Kier molecular flexibility index (Phi) is 4.90. The molecule has 0 aliphatic rings. The van der Waals surface area contributed by atoms with Crippen LogP contribution in [-0.4, -0.2) is 12.9 Å². The summed E-state index contributed by atoms with van der Waals surface area (Å²) in [6.07, 6.45) is 0.961. The predicted molar refractivity (Wildman–Crippen MR) is 79.7 cm³/mol. The molecular weight excluding hydrogens is 323 g/mol. The third kappa shape index (κ3) is 3.45. The van der Waals surface area contributed by atoms with Gasteiger partial charge in [-0.3, -0.25) is 4.79 Å². The van der Waals surface area contributed by atoms with Crippen molar-refractivity contribution in [3.8, 4) is 5.75 Å². The minimum Gasteiger partial charge on any atom is -0.494 e. The number of benzene rings is 2. The zero-order chi connectivity index (χ0) is 14.5. The quantitative estimate of drug-likeness (QED) is 0.756. The molecule has 0 heterocycles. The molecule has 0 saturated carbocycles. The van der Waals surface area contributed by atoms with Crippen molar-refractivity contribution in [3.63, 3.8) is 0 Å². The van der Waals surface area contributed by atoms with E-state index in [9.17, 15) is 9.18 Å². The fourth-order valence-electron chi connectivity index (χ4n) is 1.93. The molecule has 0 aliphatic carbocycles. The van der Waals surface area contributed by atoms with Crippen LogP contribution in [-0.2, 0) is 6.42 Å². The Balaban J connectivity index is 2.05. The highest BCUT2D eigenvalue weighted by atomic mass is 79.9. The highest BCUT2D eigenvalue weighted by Gasteiger charge is 2.11. The SMILES string of the molecule is COc1ccc(C(=O)CCc2ccccc2Br)cc1F. The molecule has 2 aromatic rings. The summed E-state index contributed by atoms with van der Waals surface area (Å²) in [6.45, 7) is 0. The summed E-state index contributed by atoms with van der Waals surface area (Å²) >= 11 is 3.45. The van der Waals surface area contributed by atoms with E-state index in [4.69, 9.17) is 4.74 Å². The molecule has 4 heteroatoms. The first-order valence-electron chi connectivity index (χ1n) is 6.22. The number of methoxy groups -OCH3 is 1. The maximum atomic E-state index is 13.6. The van der Waals surface area contributed by atoms with E-state index in [1.807, 2.05) is 24.3 Å². The van der Waals surface area contributed by atoms with Crippen molar-refractivity contribution >= 4 is 21.7 Å². The Morgan fingerprint density at radius 1 is 1.25 bits per heavy atom. The monoisotopic (exact) mass is 336 g/mol. The second kappa shape index (κ2) is 6.66. The number of ether oxygens (including phenoxy) is 1. The van der Waals surface area contributed by atoms with Crippen LogP contribution in [0.25, 0.3) is 0 Å². The lowest BCUT2D eigenvalue weighted by atomic mass is 10.0. The van der Waals surface area contributed by atoms with E-state index in [2.05, 4.69) is 15.9 Å². The van der Waals surface area contributed by atoms with E-state index in [0.717, 1.165) is 10.0 Å². The molecule has 0 aliphatic heterocycles. The summed E-state index contributed by atoms with van der Waals surface area (Å²) in [5, 5.41) is 0. The van der Waals surface area contributed by atoms with E-state index >= 15 is 0 Å². The highest BCUT2D eigenvalue weighted by Crippen LogP contribution is 2.21. The van der Waals surface area contributed by atoms with E-state index < -0.39 is 5.82 Å². The van der Waals surface area contributed by atoms with Crippen LogP contribution in [0.15, 0.2) is 46.9 Å². The van der Waals surface area contributed by atoms with E-state index in [1.54, 1.807) is 6.07 Å². The second-order valence-corrected chi connectivity index (χ2v) is 5.22. The first-order chi connectivity index (χ1) is 9.61. The van der Waals surface area contributed by atoms with Crippen molar-refractivity contribution in [2.75, 3.05) is 7.11 Å². The van der Waals surface area contributed by atoms with Gasteiger partial charge in [0.25, 0.3) is 0 Å². The Morgan fingerprint density at radius 3 is 2.65 bits per heavy atom. The van der Waals surface area contributed by atoms with Gasteiger partial charge in [0.15, 0.2) is 17.3 Å². The minimum absolute atomic E-state index is 0.0812. The molecule has 0 N–H and O–H groups in total. The Morgan fingerprint density at radius 2 is 2.00 bits per heavy atom. The molecule has 2 rings (SSSR count). The van der Waals surface area contributed by atoms with Gasteiger partial charge in [-0.05, 0) is 36.2 Å². The molecule has 104 valence electrons. The first kappa shape index (κ1) is 14.7. The van der Waals surface area contributed by atoms with Crippen molar-refractivity contribution in [2.45, 2.75) is 12.8 Å². The summed E-state index contributed by atoms with van der Waals surface area (Å²) in [5.41, 5.74) is 1.44. The van der Waals surface area contributed by atoms with Crippen LogP contribution in [0.5, 0.6) is 5.75 Å². The molecule has 0 fully saturated rings. The molecule has 2 nitrogen and oxygen atoms in total. The lowest BCUT2D eigenvalue weighted by Crippen LogP contribution is -2.02. The van der Waals surface area contributed by atoms with Crippen LogP contribution in [0.2, 0.25) is 0 Å². The zero-order valence-electron chi connectivity index (χ0n) is 11.0. The largest absolute Gasteiger partial charge is 0.494 e. The lowest BCUT2D eigenvalue weighted by molar-refractivity contribution is 0.0982. The van der Waals surface area contributed by atoms with Crippen molar-refractivity contribution in [3.05, 3.63) is 63.9 Å². The van der Waals surface area contributed by atoms with Gasteiger partial charge < -0.3 is 4.74 Å². The minimum atomic E-state index is -0.515. The van der Waals surface area contributed by atoms with E-state index in [1.165, 1.54) is 19.2 Å². The maximum absolute atomic E-state index is 13.6.